The number of aryl methyl sites for hydroxylation is 1. The molecule has 0 radical (unpaired) electrons. The molecule has 0 bridgehead atoms. The van der Waals surface area contributed by atoms with E-state index < -0.39 is 5.97 Å². The van der Waals surface area contributed by atoms with Gasteiger partial charge in [0.15, 0.2) is 0 Å². The van der Waals surface area contributed by atoms with E-state index in [0.717, 1.165) is 17.9 Å². The molecular formula is C14H22N2O3. The summed E-state index contributed by atoms with van der Waals surface area (Å²) in [5.41, 5.74) is 2.76. The van der Waals surface area contributed by atoms with Crippen LogP contribution in [-0.2, 0) is 11.3 Å². The van der Waals surface area contributed by atoms with E-state index in [9.17, 15) is 9.59 Å². The van der Waals surface area contributed by atoms with Gasteiger partial charge in [0, 0.05) is 30.9 Å². The highest BCUT2D eigenvalue weighted by molar-refractivity contribution is 5.95. The fourth-order valence-electron chi connectivity index (χ4n) is 2.22. The minimum absolute atomic E-state index is 0.0804. The number of aliphatic carboxylic acids is 1. The van der Waals surface area contributed by atoms with Gasteiger partial charge in [-0.2, -0.15) is 0 Å². The van der Waals surface area contributed by atoms with Crippen molar-refractivity contribution in [1.82, 2.24) is 9.88 Å². The quantitative estimate of drug-likeness (QED) is 0.742. The summed E-state index contributed by atoms with van der Waals surface area (Å²) in [5, 5.41) is 11.3. The number of aromatic nitrogens is 1. The molecule has 0 aromatic carbocycles. The van der Waals surface area contributed by atoms with Gasteiger partial charge in [-0.1, -0.05) is 0 Å². The molecule has 1 rings (SSSR count). The van der Waals surface area contributed by atoms with E-state index in [-0.39, 0.29) is 12.3 Å². The Morgan fingerprint density at radius 3 is 2.53 bits per heavy atom. The van der Waals surface area contributed by atoms with Crippen LogP contribution >= 0.6 is 0 Å². The lowest BCUT2D eigenvalue weighted by Crippen LogP contribution is -2.25. The number of carboxylic acids is 1. The van der Waals surface area contributed by atoms with E-state index in [2.05, 4.69) is 9.88 Å². The fourth-order valence-corrected chi connectivity index (χ4v) is 2.22. The Labute approximate surface area is 113 Å². The maximum Gasteiger partial charge on any atom is 0.303 e. The van der Waals surface area contributed by atoms with Crippen molar-refractivity contribution in [2.24, 2.45) is 0 Å². The minimum Gasteiger partial charge on any atom is -0.481 e. The van der Waals surface area contributed by atoms with E-state index in [1.807, 2.05) is 26.8 Å². The van der Waals surface area contributed by atoms with Gasteiger partial charge in [-0.3, -0.25) is 9.59 Å². The molecule has 0 aliphatic heterocycles. The van der Waals surface area contributed by atoms with Crippen molar-refractivity contribution in [2.45, 2.75) is 46.6 Å². The maximum absolute atomic E-state index is 12.0. The molecule has 1 aromatic heterocycles. The molecule has 5 heteroatoms. The summed E-state index contributed by atoms with van der Waals surface area (Å²) in [6, 6.07) is 1.89. The summed E-state index contributed by atoms with van der Waals surface area (Å²) in [7, 11) is 0. The molecule has 19 heavy (non-hydrogen) atoms. The fraction of sp³-hybridized carbons (Fsp3) is 0.571. The third kappa shape index (κ3) is 4.12. The molecule has 2 N–H and O–H groups in total. The molecule has 0 saturated carbocycles. The highest BCUT2D eigenvalue weighted by atomic mass is 16.4. The van der Waals surface area contributed by atoms with Gasteiger partial charge in [0.2, 0.25) is 0 Å². The number of hydrogen-bond donors (Lipinski definition) is 2. The van der Waals surface area contributed by atoms with Gasteiger partial charge in [-0.05, 0) is 39.7 Å². The number of unbranched alkanes of at least 4 members (excludes halogenated alkanes) is 1. The average molecular weight is 266 g/mol. The SMILES string of the molecule is CCn1c(C)cc(C(=O)NCCCCC(=O)O)c1C. The van der Waals surface area contributed by atoms with Crippen LogP contribution in [0.4, 0.5) is 0 Å². The Bertz CT molecular complexity index is 464. The number of nitrogens with zero attached hydrogens (tertiary/aromatic N) is 1. The summed E-state index contributed by atoms with van der Waals surface area (Å²) in [6.45, 7) is 7.34. The van der Waals surface area contributed by atoms with Gasteiger partial charge in [-0.15, -0.1) is 0 Å². The van der Waals surface area contributed by atoms with Gasteiger partial charge < -0.3 is 15.0 Å². The van der Waals surface area contributed by atoms with Crippen molar-refractivity contribution in [3.8, 4) is 0 Å². The summed E-state index contributed by atoms with van der Waals surface area (Å²) >= 11 is 0. The second-order valence-corrected chi connectivity index (χ2v) is 4.64. The average Bonchev–Trinajstić information content (AvgIpc) is 2.63. The van der Waals surface area contributed by atoms with E-state index >= 15 is 0 Å². The molecule has 1 aromatic rings. The number of carbonyl (C=O) groups excluding carboxylic acids is 1. The Balaban J connectivity index is 2.48. The van der Waals surface area contributed by atoms with Gasteiger partial charge in [-0.25, -0.2) is 0 Å². The summed E-state index contributed by atoms with van der Waals surface area (Å²) < 4.78 is 2.10. The molecule has 0 fully saturated rings. The number of rotatable bonds is 7. The van der Waals surface area contributed by atoms with Crippen molar-refractivity contribution in [3.63, 3.8) is 0 Å². The molecule has 0 atom stereocenters. The lowest BCUT2D eigenvalue weighted by molar-refractivity contribution is -0.137. The summed E-state index contributed by atoms with van der Waals surface area (Å²) in [6.07, 6.45) is 1.42. The first-order valence-corrected chi connectivity index (χ1v) is 6.64. The van der Waals surface area contributed by atoms with Crippen LogP contribution in [0.5, 0.6) is 0 Å². The van der Waals surface area contributed by atoms with E-state index in [4.69, 9.17) is 5.11 Å². The van der Waals surface area contributed by atoms with E-state index in [1.165, 1.54) is 0 Å². The van der Waals surface area contributed by atoms with Crippen molar-refractivity contribution < 1.29 is 14.7 Å². The van der Waals surface area contributed by atoms with Crippen LogP contribution in [0.2, 0.25) is 0 Å². The van der Waals surface area contributed by atoms with Crippen LogP contribution in [0.25, 0.3) is 0 Å². The molecular weight excluding hydrogens is 244 g/mol. The molecule has 0 aliphatic carbocycles. The normalized spacial score (nSPS) is 10.5. The Kier molecular flexibility index (Phi) is 5.60. The lowest BCUT2D eigenvalue weighted by Gasteiger charge is -2.07. The summed E-state index contributed by atoms with van der Waals surface area (Å²) in [4.78, 5) is 22.3. The molecule has 0 saturated heterocycles. The molecule has 106 valence electrons. The molecule has 0 spiro atoms. The van der Waals surface area contributed by atoms with E-state index in [0.29, 0.717) is 24.9 Å². The van der Waals surface area contributed by atoms with Crippen LogP contribution in [0.15, 0.2) is 6.07 Å². The first kappa shape index (κ1) is 15.3. The van der Waals surface area contributed by atoms with Crippen LogP contribution in [0.3, 0.4) is 0 Å². The van der Waals surface area contributed by atoms with E-state index in [1.54, 1.807) is 0 Å². The van der Waals surface area contributed by atoms with Crippen LogP contribution in [0, 0.1) is 13.8 Å². The third-order valence-electron chi connectivity index (χ3n) is 3.24. The Morgan fingerprint density at radius 2 is 2.00 bits per heavy atom. The monoisotopic (exact) mass is 266 g/mol. The third-order valence-corrected chi connectivity index (χ3v) is 3.24. The Hall–Kier alpha value is -1.78. The smallest absolute Gasteiger partial charge is 0.303 e. The van der Waals surface area contributed by atoms with Crippen molar-refractivity contribution >= 4 is 11.9 Å². The zero-order valence-electron chi connectivity index (χ0n) is 11.8. The molecule has 0 aliphatic rings. The Morgan fingerprint density at radius 1 is 1.32 bits per heavy atom. The minimum atomic E-state index is -0.794. The maximum atomic E-state index is 12.0. The number of nitrogens with one attached hydrogen (secondary N) is 1. The number of hydrogen-bond acceptors (Lipinski definition) is 2. The molecule has 5 nitrogen and oxygen atoms in total. The first-order chi connectivity index (χ1) is 8.97. The van der Waals surface area contributed by atoms with Crippen LogP contribution in [0.1, 0.15) is 47.9 Å². The highest BCUT2D eigenvalue weighted by Gasteiger charge is 2.14. The van der Waals surface area contributed by atoms with Gasteiger partial charge in [0.1, 0.15) is 0 Å². The van der Waals surface area contributed by atoms with Crippen molar-refractivity contribution in [2.75, 3.05) is 6.54 Å². The number of carbonyl (C=O) groups is 2. The highest BCUT2D eigenvalue weighted by Crippen LogP contribution is 2.14. The largest absolute Gasteiger partial charge is 0.481 e. The van der Waals surface area contributed by atoms with Crippen molar-refractivity contribution in [3.05, 3.63) is 23.0 Å². The first-order valence-electron chi connectivity index (χ1n) is 6.64. The van der Waals surface area contributed by atoms with Gasteiger partial charge in [0.25, 0.3) is 5.91 Å². The van der Waals surface area contributed by atoms with Gasteiger partial charge in [0.05, 0.1) is 5.56 Å². The topological polar surface area (TPSA) is 71.3 Å². The zero-order chi connectivity index (χ0) is 14.4. The zero-order valence-corrected chi connectivity index (χ0v) is 11.8. The van der Waals surface area contributed by atoms with Gasteiger partial charge >= 0.3 is 5.97 Å². The second kappa shape index (κ2) is 6.97. The van der Waals surface area contributed by atoms with Crippen LogP contribution in [-0.4, -0.2) is 28.1 Å². The summed E-state index contributed by atoms with van der Waals surface area (Å²) in [5.74, 6) is -0.874. The molecule has 1 amide bonds. The standard InChI is InChI=1S/C14H22N2O3/c1-4-16-10(2)9-12(11(16)3)14(19)15-8-6-5-7-13(17)18/h9H,4-8H2,1-3H3,(H,15,19)(H,17,18). The molecule has 1 heterocycles. The number of carboxylic acid groups (broad SMARTS) is 1. The van der Waals surface area contributed by atoms with Crippen LogP contribution < -0.4 is 5.32 Å². The second-order valence-electron chi connectivity index (χ2n) is 4.64. The molecule has 0 unspecified atom stereocenters. The lowest BCUT2D eigenvalue weighted by atomic mass is 10.2. The number of amides is 1. The van der Waals surface area contributed by atoms with Crippen molar-refractivity contribution in [1.29, 1.82) is 0 Å². The predicted octanol–water partition coefficient (Wildman–Crippen LogP) is 2.11. The predicted molar refractivity (Wildman–Crippen MR) is 73.4 cm³/mol.